The van der Waals surface area contributed by atoms with Crippen LogP contribution in [0, 0.1) is 17.6 Å². The summed E-state index contributed by atoms with van der Waals surface area (Å²) >= 11 is 7.02. The summed E-state index contributed by atoms with van der Waals surface area (Å²) < 4.78 is 33.6. The number of ether oxygens (including phenoxy) is 1. The highest BCUT2D eigenvalue weighted by molar-refractivity contribution is 7.20. The van der Waals surface area contributed by atoms with Gasteiger partial charge in [-0.15, -0.1) is 0 Å². The highest BCUT2D eigenvalue weighted by atomic mass is 35.5. The Morgan fingerprint density at radius 3 is 2.61 bits per heavy atom. The first-order valence-corrected chi connectivity index (χ1v) is 11.8. The van der Waals surface area contributed by atoms with Crippen molar-refractivity contribution < 1.29 is 23.1 Å². The maximum absolute atomic E-state index is 13.9. The zero-order valence-corrected chi connectivity index (χ0v) is 19.0. The lowest BCUT2D eigenvalue weighted by Gasteiger charge is -2.33. The molecule has 2 amide bonds. The van der Waals surface area contributed by atoms with Crippen LogP contribution >= 0.6 is 22.9 Å². The predicted octanol–water partition coefficient (Wildman–Crippen LogP) is 4.65. The van der Waals surface area contributed by atoms with E-state index >= 15 is 0 Å². The van der Waals surface area contributed by atoms with Crippen LogP contribution in [0.2, 0.25) is 5.02 Å². The number of piperidine rings is 1. The Kier molecular flexibility index (Phi) is 5.92. The van der Waals surface area contributed by atoms with Crippen LogP contribution in [0.1, 0.15) is 19.3 Å². The van der Waals surface area contributed by atoms with Gasteiger partial charge in [0.25, 0.3) is 5.19 Å². The number of amides is 2. The first kappa shape index (κ1) is 22.0. The van der Waals surface area contributed by atoms with Gasteiger partial charge in [0.1, 0.15) is 17.4 Å². The van der Waals surface area contributed by atoms with E-state index < -0.39 is 11.6 Å². The third-order valence-corrected chi connectivity index (χ3v) is 7.17. The number of fused-ring (bicyclic) bond motifs is 1. The Bertz CT molecular complexity index is 1210. The average Bonchev–Trinajstić information content (AvgIpc) is 3.37. The van der Waals surface area contributed by atoms with E-state index in [-0.39, 0.29) is 35.8 Å². The number of anilines is 1. The molecule has 3 aromatic rings. The van der Waals surface area contributed by atoms with Gasteiger partial charge in [-0.25, -0.2) is 8.78 Å². The molecule has 0 radical (unpaired) electrons. The van der Waals surface area contributed by atoms with Crippen molar-refractivity contribution in [3.05, 3.63) is 53.1 Å². The number of carbonyl (C=O) groups is 2. The minimum atomic E-state index is -0.713. The largest absolute Gasteiger partial charge is 0.467 e. The molecule has 2 fully saturated rings. The lowest BCUT2D eigenvalue weighted by molar-refractivity contribution is -0.137. The monoisotopic (exact) mass is 491 g/mol. The van der Waals surface area contributed by atoms with E-state index in [2.05, 4.69) is 4.98 Å². The number of nitrogens with zero attached hydrogens (tertiary/aromatic N) is 3. The summed E-state index contributed by atoms with van der Waals surface area (Å²) in [6, 6.07) is 9.04. The molecule has 33 heavy (non-hydrogen) atoms. The number of rotatable bonds is 4. The molecule has 10 heteroatoms. The lowest BCUT2D eigenvalue weighted by atomic mass is 10.0. The second-order valence-electron chi connectivity index (χ2n) is 8.24. The van der Waals surface area contributed by atoms with Gasteiger partial charge in [-0.1, -0.05) is 22.9 Å². The van der Waals surface area contributed by atoms with Crippen molar-refractivity contribution in [2.24, 2.45) is 5.92 Å². The van der Waals surface area contributed by atoms with E-state index in [1.54, 1.807) is 34.1 Å². The summed E-state index contributed by atoms with van der Waals surface area (Å²) in [6.45, 7) is 1.36. The van der Waals surface area contributed by atoms with Gasteiger partial charge in [0.2, 0.25) is 11.8 Å². The number of carbonyl (C=O) groups excluding carboxylic acids is 2. The van der Waals surface area contributed by atoms with Gasteiger partial charge in [-0.2, -0.15) is 4.98 Å². The van der Waals surface area contributed by atoms with E-state index in [0.717, 1.165) is 23.1 Å². The standard InChI is InChI=1S/C23H20ClF2N3O3S/c24-14-1-3-16(4-2-14)29-12-13(9-20(29)30)22(31)28-7-5-17(6-8-28)32-23-27-21-18(26)10-15(25)11-19(21)33-23/h1-4,10-11,13,17H,5-9,12H2. The third-order valence-electron chi connectivity index (χ3n) is 6.03. The Hall–Kier alpha value is -2.78. The molecular formula is C23H20ClF2N3O3S. The number of likely N-dealkylation sites (tertiary alicyclic amines) is 1. The molecule has 0 spiro atoms. The van der Waals surface area contributed by atoms with Crippen molar-refractivity contribution in [2.75, 3.05) is 24.5 Å². The second-order valence-corrected chi connectivity index (χ2v) is 9.67. The molecule has 2 saturated heterocycles. The molecular weight excluding hydrogens is 472 g/mol. The first-order chi connectivity index (χ1) is 15.9. The smallest absolute Gasteiger partial charge is 0.274 e. The SMILES string of the molecule is O=C(C1CC(=O)N(c2ccc(Cl)cc2)C1)N1CCC(Oc2nc3c(F)cc(F)cc3s2)CC1. The molecule has 0 aliphatic carbocycles. The van der Waals surface area contributed by atoms with Crippen LogP contribution in [0.4, 0.5) is 14.5 Å². The molecule has 1 atom stereocenters. The second kappa shape index (κ2) is 8.87. The van der Waals surface area contributed by atoms with Crippen LogP contribution in [0.3, 0.4) is 0 Å². The number of benzene rings is 2. The van der Waals surface area contributed by atoms with Crippen molar-refractivity contribution in [1.29, 1.82) is 0 Å². The lowest BCUT2D eigenvalue weighted by Crippen LogP contribution is -2.44. The highest BCUT2D eigenvalue weighted by Gasteiger charge is 2.38. The summed E-state index contributed by atoms with van der Waals surface area (Å²) in [6.07, 6.45) is 1.21. The van der Waals surface area contributed by atoms with Crippen LogP contribution in [-0.2, 0) is 9.59 Å². The maximum atomic E-state index is 13.9. The van der Waals surface area contributed by atoms with Crippen LogP contribution < -0.4 is 9.64 Å². The fourth-order valence-corrected chi connectivity index (χ4v) is 5.37. The topological polar surface area (TPSA) is 62.7 Å². The van der Waals surface area contributed by atoms with Crippen molar-refractivity contribution in [3.63, 3.8) is 0 Å². The summed E-state index contributed by atoms with van der Waals surface area (Å²) in [7, 11) is 0. The van der Waals surface area contributed by atoms with E-state index in [1.807, 2.05) is 0 Å². The molecule has 2 aliphatic rings. The van der Waals surface area contributed by atoms with E-state index in [0.29, 0.717) is 47.4 Å². The number of halogens is 3. The molecule has 1 aromatic heterocycles. The van der Waals surface area contributed by atoms with Gasteiger partial charge in [-0.3, -0.25) is 9.59 Å². The van der Waals surface area contributed by atoms with Crippen LogP contribution in [-0.4, -0.2) is 47.4 Å². The number of aromatic nitrogens is 1. The molecule has 2 aromatic carbocycles. The molecule has 0 saturated carbocycles. The molecule has 6 nitrogen and oxygen atoms in total. The van der Waals surface area contributed by atoms with Gasteiger partial charge in [0.05, 0.1) is 10.6 Å². The fourth-order valence-electron chi connectivity index (χ4n) is 4.33. The fraction of sp³-hybridized carbons (Fsp3) is 0.348. The van der Waals surface area contributed by atoms with Gasteiger partial charge in [0, 0.05) is 55.7 Å². The van der Waals surface area contributed by atoms with E-state index in [4.69, 9.17) is 16.3 Å². The van der Waals surface area contributed by atoms with Gasteiger partial charge in [-0.05, 0) is 30.3 Å². The van der Waals surface area contributed by atoms with Crippen LogP contribution in [0.15, 0.2) is 36.4 Å². The minimum Gasteiger partial charge on any atom is -0.467 e. The van der Waals surface area contributed by atoms with E-state index in [1.165, 1.54) is 6.07 Å². The Labute approximate surface area is 197 Å². The summed E-state index contributed by atoms with van der Waals surface area (Å²) in [5.41, 5.74) is 0.833. The van der Waals surface area contributed by atoms with Gasteiger partial charge in [0.15, 0.2) is 5.82 Å². The molecule has 0 bridgehead atoms. The Balaban J connectivity index is 1.17. The Morgan fingerprint density at radius 2 is 1.88 bits per heavy atom. The molecule has 1 unspecified atom stereocenters. The number of thiazole rings is 1. The molecule has 5 rings (SSSR count). The third kappa shape index (κ3) is 4.52. The zero-order chi connectivity index (χ0) is 23.1. The van der Waals surface area contributed by atoms with E-state index in [9.17, 15) is 18.4 Å². The van der Waals surface area contributed by atoms with Crippen molar-refractivity contribution in [2.45, 2.75) is 25.4 Å². The summed E-state index contributed by atoms with van der Waals surface area (Å²) in [4.78, 5) is 33.0. The predicted molar refractivity (Wildman–Crippen MR) is 122 cm³/mol. The molecule has 0 N–H and O–H groups in total. The zero-order valence-electron chi connectivity index (χ0n) is 17.5. The maximum Gasteiger partial charge on any atom is 0.274 e. The van der Waals surface area contributed by atoms with Gasteiger partial charge < -0.3 is 14.5 Å². The normalized spacial score (nSPS) is 19.5. The van der Waals surface area contributed by atoms with Crippen LogP contribution in [0.25, 0.3) is 10.2 Å². The quantitative estimate of drug-likeness (QED) is 0.533. The molecule has 3 heterocycles. The number of hydrogen-bond acceptors (Lipinski definition) is 5. The molecule has 172 valence electrons. The van der Waals surface area contributed by atoms with Gasteiger partial charge >= 0.3 is 0 Å². The van der Waals surface area contributed by atoms with Crippen molar-refractivity contribution >= 4 is 50.7 Å². The molecule has 2 aliphatic heterocycles. The van der Waals surface area contributed by atoms with Crippen molar-refractivity contribution in [1.82, 2.24) is 9.88 Å². The first-order valence-electron chi connectivity index (χ1n) is 10.6. The minimum absolute atomic E-state index is 0.0317. The summed E-state index contributed by atoms with van der Waals surface area (Å²) in [5.74, 6) is -1.85. The Morgan fingerprint density at radius 1 is 1.15 bits per heavy atom. The van der Waals surface area contributed by atoms with Crippen LogP contribution in [0.5, 0.6) is 5.19 Å². The number of hydrogen-bond donors (Lipinski definition) is 0. The highest BCUT2D eigenvalue weighted by Crippen LogP contribution is 2.33. The summed E-state index contributed by atoms with van der Waals surface area (Å²) in [5, 5.41) is 0.880. The average molecular weight is 492 g/mol. The van der Waals surface area contributed by atoms with Crippen molar-refractivity contribution in [3.8, 4) is 5.19 Å².